The van der Waals surface area contributed by atoms with Gasteiger partial charge in [0.05, 0.1) is 33.8 Å². The first-order valence-corrected chi connectivity index (χ1v) is 10.4. The van der Waals surface area contributed by atoms with E-state index in [0.29, 0.717) is 5.75 Å². The van der Waals surface area contributed by atoms with E-state index >= 15 is 0 Å². The maximum Gasteiger partial charge on any atom is 0.241 e. The van der Waals surface area contributed by atoms with Gasteiger partial charge in [-0.1, -0.05) is 18.2 Å². The minimum atomic E-state index is -3.79. The molecule has 9 heteroatoms. The predicted octanol–water partition coefficient (Wildman–Crippen LogP) is 2.21. The standard InChI is InChI=1S/C18H19N3O4S2/c1-12-21-15-8-7-14(9-17(15)26-12)27(23,24)20-11-18(22)19-10-13-5-3-4-6-16(13)25-2/h3-9,20H,10-11H2,1-2H3,(H,19,22). The van der Waals surface area contributed by atoms with Crippen molar-refractivity contribution in [3.63, 3.8) is 0 Å². The second-order valence-corrected chi connectivity index (χ2v) is 8.78. The van der Waals surface area contributed by atoms with E-state index in [1.807, 2.05) is 25.1 Å². The van der Waals surface area contributed by atoms with E-state index in [2.05, 4.69) is 15.0 Å². The third-order valence-electron chi connectivity index (χ3n) is 3.87. The van der Waals surface area contributed by atoms with E-state index < -0.39 is 15.9 Å². The number of thiazole rings is 1. The van der Waals surface area contributed by atoms with Crippen molar-refractivity contribution < 1.29 is 17.9 Å². The van der Waals surface area contributed by atoms with E-state index in [1.165, 1.54) is 17.4 Å². The molecule has 7 nitrogen and oxygen atoms in total. The van der Waals surface area contributed by atoms with Crippen LogP contribution >= 0.6 is 11.3 Å². The molecule has 2 aromatic carbocycles. The lowest BCUT2D eigenvalue weighted by atomic mass is 10.2. The zero-order chi connectivity index (χ0) is 19.4. The Morgan fingerprint density at radius 1 is 1.22 bits per heavy atom. The number of hydrogen-bond acceptors (Lipinski definition) is 6. The molecule has 142 valence electrons. The fourth-order valence-electron chi connectivity index (χ4n) is 2.54. The van der Waals surface area contributed by atoms with Gasteiger partial charge in [-0.25, -0.2) is 18.1 Å². The van der Waals surface area contributed by atoms with E-state index in [9.17, 15) is 13.2 Å². The summed E-state index contributed by atoms with van der Waals surface area (Å²) in [6, 6.07) is 12.0. The van der Waals surface area contributed by atoms with Gasteiger partial charge in [-0.05, 0) is 31.2 Å². The van der Waals surface area contributed by atoms with Crippen LogP contribution in [0.2, 0.25) is 0 Å². The lowest BCUT2D eigenvalue weighted by molar-refractivity contribution is -0.120. The van der Waals surface area contributed by atoms with E-state index in [4.69, 9.17) is 4.74 Å². The SMILES string of the molecule is COc1ccccc1CNC(=O)CNS(=O)(=O)c1ccc2nc(C)sc2c1. The average molecular weight is 406 g/mol. The van der Waals surface area contributed by atoms with E-state index in [-0.39, 0.29) is 18.0 Å². The van der Waals surface area contributed by atoms with Crippen molar-refractivity contribution in [2.24, 2.45) is 0 Å². The summed E-state index contributed by atoms with van der Waals surface area (Å²) in [5.41, 5.74) is 1.56. The number of methoxy groups -OCH3 is 1. The second kappa shape index (κ2) is 8.03. The third kappa shape index (κ3) is 4.62. The Bertz CT molecular complexity index is 1080. The quantitative estimate of drug-likeness (QED) is 0.628. The van der Waals surface area contributed by atoms with Crippen molar-refractivity contribution in [2.45, 2.75) is 18.4 Å². The summed E-state index contributed by atoms with van der Waals surface area (Å²) in [6.45, 7) is 1.76. The minimum Gasteiger partial charge on any atom is -0.496 e. The largest absolute Gasteiger partial charge is 0.496 e. The fourth-order valence-corrected chi connectivity index (χ4v) is 4.49. The van der Waals surface area contributed by atoms with Crippen LogP contribution in [-0.2, 0) is 21.4 Å². The Balaban J connectivity index is 1.61. The molecule has 0 aliphatic heterocycles. The number of fused-ring (bicyclic) bond motifs is 1. The molecule has 0 atom stereocenters. The minimum absolute atomic E-state index is 0.108. The average Bonchev–Trinajstić information content (AvgIpc) is 3.04. The van der Waals surface area contributed by atoms with Gasteiger partial charge in [-0.2, -0.15) is 0 Å². The van der Waals surface area contributed by atoms with Gasteiger partial charge in [0.15, 0.2) is 0 Å². The summed E-state index contributed by atoms with van der Waals surface area (Å²) >= 11 is 1.42. The number of para-hydroxylation sites is 1. The van der Waals surface area contributed by atoms with Gasteiger partial charge < -0.3 is 10.1 Å². The second-order valence-electron chi connectivity index (χ2n) is 5.78. The van der Waals surface area contributed by atoms with Crippen molar-refractivity contribution in [3.05, 3.63) is 53.0 Å². The van der Waals surface area contributed by atoms with Gasteiger partial charge >= 0.3 is 0 Å². The molecule has 0 spiro atoms. The van der Waals surface area contributed by atoms with Gasteiger partial charge in [0.25, 0.3) is 0 Å². The number of amides is 1. The third-order valence-corrected chi connectivity index (χ3v) is 6.20. The van der Waals surface area contributed by atoms with Crippen LogP contribution < -0.4 is 14.8 Å². The molecule has 0 saturated heterocycles. The van der Waals surface area contributed by atoms with Gasteiger partial charge in [-0.15, -0.1) is 11.3 Å². The van der Waals surface area contributed by atoms with Crippen LogP contribution in [0.4, 0.5) is 0 Å². The first-order chi connectivity index (χ1) is 12.9. The maximum atomic E-state index is 12.4. The fraction of sp³-hybridized carbons (Fsp3) is 0.222. The number of aromatic nitrogens is 1. The van der Waals surface area contributed by atoms with Crippen molar-refractivity contribution in [1.29, 1.82) is 0 Å². The van der Waals surface area contributed by atoms with E-state index in [1.54, 1.807) is 25.3 Å². The number of benzene rings is 2. The number of nitrogens with zero attached hydrogens (tertiary/aromatic N) is 1. The molecular weight excluding hydrogens is 386 g/mol. The highest BCUT2D eigenvalue weighted by Gasteiger charge is 2.17. The summed E-state index contributed by atoms with van der Waals surface area (Å²) in [6.07, 6.45) is 0. The molecule has 0 saturated carbocycles. The monoisotopic (exact) mass is 405 g/mol. The van der Waals surface area contributed by atoms with Crippen LogP contribution in [0.5, 0.6) is 5.75 Å². The van der Waals surface area contributed by atoms with Gasteiger partial charge in [0.1, 0.15) is 5.75 Å². The molecule has 0 unspecified atom stereocenters. The molecule has 0 bridgehead atoms. The summed E-state index contributed by atoms with van der Waals surface area (Å²) in [4.78, 5) is 16.4. The smallest absolute Gasteiger partial charge is 0.241 e. The molecule has 1 aromatic heterocycles. The Morgan fingerprint density at radius 2 is 2.00 bits per heavy atom. The Labute approximate surface area is 161 Å². The molecular formula is C18H19N3O4S2. The van der Waals surface area contributed by atoms with Gasteiger partial charge in [0, 0.05) is 12.1 Å². The van der Waals surface area contributed by atoms with Crippen LogP contribution in [0.15, 0.2) is 47.4 Å². The molecule has 1 heterocycles. The summed E-state index contributed by atoms with van der Waals surface area (Å²) in [5.74, 6) is 0.228. The lowest BCUT2D eigenvalue weighted by Gasteiger charge is -2.10. The Morgan fingerprint density at radius 3 is 2.78 bits per heavy atom. The topological polar surface area (TPSA) is 97.4 Å². The van der Waals surface area contributed by atoms with Crippen LogP contribution in [-0.4, -0.2) is 33.0 Å². The molecule has 0 aliphatic rings. The molecule has 3 rings (SSSR count). The van der Waals surface area contributed by atoms with E-state index in [0.717, 1.165) is 20.8 Å². The number of hydrogen-bond donors (Lipinski definition) is 2. The predicted molar refractivity (Wildman–Crippen MR) is 104 cm³/mol. The Hall–Kier alpha value is -2.49. The van der Waals surface area contributed by atoms with Crippen molar-refractivity contribution in [2.75, 3.05) is 13.7 Å². The molecule has 0 radical (unpaired) electrons. The van der Waals surface area contributed by atoms with Gasteiger partial charge in [0.2, 0.25) is 15.9 Å². The molecule has 0 aliphatic carbocycles. The van der Waals surface area contributed by atoms with Crippen molar-refractivity contribution in [1.82, 2.24) is 15.0 Å². The number of ether oxygens (including phenoxy) is 1. The Kier molecular flexibility index (Phi) is 5.73. The molecule has 27 heavy (non-hydrogen) atoms. The van der Waals surface area contributed by atoms with Crippen LogP contribution in [0, 0.1) is 6.92 Å². The zero-order valence-corrected chi connectivity index (χ0v) is 16.5. The molecule has 1 amide bonds. The summed E-state index contributed by atoms with van der Waals surface area (Å²) in [7, 11) is -2.24. The van der Waals surface area contributed by atoms with Crippen molar-refractivity contribution in [3.8, 4) is 5.75 Å². The van der Waals surface area contributed by atoms with Crippen LogP contribution in [0.25, 0.3) is 10.2 Å². The lowest BCUT2D eigenvalue weighted by Crippen LogP contribution is -2.36. The normalized spacial score (nSPS) is 11.5. The van der Waals surface area contributed by atoms with Crippen LogP contribution in [0.1, 0.15) is 10.6 Å². The van der Waals surface area contributed by atoms with Gasteiger partial charge in [-0.3, -0.25) is 4.79 Å². The number of rotatable bonds is 7. The number of carbonyl (C=O) groups is 1. The zero-order valence-electron chi connectivity index (χ0n) is 14.9. The first kappa shape index (κ1) is 19.3. The number of sulfonamides is 1. The highest BCUT2D eigenvalue weighted by molar-refractivity contribution is 7.89. The number of carbonyl (C=O) groups excluding carboxylic acids is 1. The molecule has 0 fully saturated rings. The summed E-state index contributed by atoms with van der Waals surface area (Å²) < 4.78 is 33.2. The van der Waals surface area contributed by atoms with Crippen LogP contribution in [0.3, 0.4) is 0 Å². The molecule has 2 N–H and O–H groups in total. The highest BCUT2D eigenvalue weighted by Crippen LogP contribution is 2.24. The maximum absolute atomic E-state index is 12.4. The molecule has 3 aromatic rings. The number of aryl methyl sites for hydroxylation is 1. The first-order valence-electron chi connectivity index (χ1n) is 8.14. The van der Waals surface area contributed by atoms with Crippen molar-refractivity contribution >= 4 is 37.5 Å². The highest BCUT2D eigenvalue weighted by atomic mass is 32.2. The summed E-state index contributed by atoms with van der Waals surface area (Å²) in [5, 5.41) is 3.54. The number of nitrogens with one attached hydrogen (secondary N) is 2.